The Morgan fingerprint density at radius 2 is 2.06 bits per heavy atom. The zero-order valence-corrected chi connectivity index (χ0v) is 10.3. The van der Waals surface area contributed by atoms with Crippen LogP contribution in [0.1, 0.15) is 43.2 Å². The molecule has 0 aliphatic carbocycles. The third-order valence-corrected chi connectivity index (χ3v) is 2.27. The second-order valence-corrected chi connectivity index (χ2v) is 4.66. The number of aromatic amines is 1. The molecule has 1 unspecified atom stereocenters. The lowest BCUT2D eigenvalue weighted by Crippen LogP contribution is -2.21. The Morgan fingerprint density at radius 1 is 1.44 bits per heavy atom. The number of H-pyrrole nitrogens is 1. The number of nitrogens with zero attached hydrogens (tertiary/aromatic N) is 1. The Balaban J connectivity index is 2.96. The standard InChI is InChI=1S/C11H18N2O3/c1-11(2,3)8(15-4)9-12-6-7(13-9)10(14)16-5/h6,8H,1-5H3,(H,12,13). The molecule has 5 heteroatoms. The highest BCUT2D eigenvalue weighted by molar-refractivity contribution is 5.86. The lowest BCUT2D eigenvalue weighted by Gasteiger charge is -2.27. The smallest absolute Gasteiger partial charge is 0.356 e. The van der Waals surface area contributed by atoms with E-state index in [1.807, 2.05) is 20.8 Å². The number of carbonyl (C=O) groups excluding carboxylic acids is 1. The lowest BCUT2D eigenvalue weighted by molar-refractivity contribution is 0.00911. The van der Waals surface area contributed by atoms with Gasteiger partial charge in [-0.05, 0) is 5.41 Å². The topological polar surface area (TPSA) is 64.2 Å². The second-order valence-electron chi connectivity index (χ2n) is 4.66. The van der Waals surface area contributed by atoms with E-state index in [-0.39, 0.29) is 11.5 Å². The number of hydrogen-bond acceptors (Lipinski definition) is 4. The molecule has 0 aliphatic rings. The van der Waals surface area contributed by atoms with Crippen LogP contribution in [0.25, 0.3) is 0 Å². The monoisotopic (exact) mass is 226 g/mol. The van der Waals surface area contributed by atoms with Gasteiger partial charge in [0.15, 0.2) is 0 Å². The summed E-state index contributed by atoms with van der Waals surface area (Å²) in [6, 6.07) is 0. The Labute approximate surface area is 95.2 Å². The molecule has 1 aromatic rings. The number of aromatic nitrogens is 2. The summed E-state index contributed by atoms with van der Waals surface area (Å²) in [7, 11) is 2.96. The van der Waals surface area contributed by atoms with Crippen molar-refractivity contribution in [3.05, 3.63) is 17.7 Å². The maximum Gasteiger partial charge on any atom is 0.356 e. The van der Waals surface area contributed by atoms with Crippen molar-refractivity contribution in [2.75, 3.05) is 14.2 Å². The number of methoxy groups -OCH3 is 2. The summed E-state index contributed by atoms with van der Waals surface area (Å²) in [6.07, 6.45) is 1.27. The van der Waals surface area contributed by atoms with Crippen LogP contribution < -0.4 is 0 Å². The number of carbonyl (C=O) groups is 1. The number of esters is 1. The van der Waals surface area contributed by atoms with Crippen LogP contribution in [0.15, 0.2) is 6.20 Å². The molecule has 5 nitrogen and oxygen atoms in total. The van der Waals surface area contributed by atoms with E-state index in [1.54, 1.807) is 7.11 Å². The summed E-state index contributed by atoms with van der Waals surface area (Å²) < 4.78 is 9.98. The highest BCUT2D eigenvalue weighted by Gasteiger charge is 2.29. The Morgan fingerprint density at radius 3 is 2.50 bits per heavy atom. The molecular weight excluding hydrogens is 208 g/mol. The van der Waals surface area contributed by atoms with Crippen molar-refractivity contribution >= 4 is 5.97 Å². The Bertz CT molecular complexity index is 366. The van der Waals surface area contributed by atoms with Crippen LogP contribution in [0, 0.1) is 5.41 Å². The van der Waals surface area contributed by atoms with E-state index in [9.17, 15) is 4.79 Å². The average Bonchev–Trinajstić information content (AvgIpc) is 2.64. The van der Waals surface area contributed by atoms with Crippen LogP contribution in [0.2, 0.25) is 0 Å². The molecule has 1 N–H and O–H groups in total. The molecule has 0 amide bonds. The van der Waals surface area contributed by atoms with Gasteiger partial charge in [-0.3, -0.25) is 0 Å². The summed E-state index contributed by atoms with van der Waals surface area (Å²) >= 11 is 0. The van der Waals surface area contributed by atoms with Gasteiger partial charge < -0.3 is 14.5 Å². The molecule has 0 fully saturated rings. The van der Waals surface area contributed by atoms with Crippen LogP contribution in [-0.2, 0) is 9.47 Å². The van der Waals surface area contributed by atoms with Gasteiger partial charge in [-0.1, -0.05) is 20.8 Å². The van der Waals surface area contributed by atoms with Gasteiger partial charge in [0.05, 0.1) is 13.3 Å². The van der Waals surface area contributed by atoms with Crippen molar-refractivity contribution in [3.8, 4) is 0 Å². The molecule has 1 rings (SSSR count). The van der Waals surface area contributed by atoms with Gasteiger partial charge in [0.2, 0.25) is 0 Å². The van der Waals surface area contributed by atoms with Crippen molar-refractivity contribution in [1.29, 1.82) is 0 Å². The predicted molar refractivity (Wildman–Crippen MR) is 59.1 cm³/mol. The van der Waals surface area contributed by atoms with Gasteiger partial charge in [-0.15, -0.1) is 0 Å². The first kappa shape index (κ1) is 12.7. The molecule has 0 radical (unpaired) electrons. The number of hydrogen-bond donors (Lipinski definition) is 1. The van der Waals surface area contributed by atoms with Gasteiger partial charge in [0.1, 0.15) is 17.6 Å². The van der Waals surface area contributed by atoms with E-state index >= 15 is 0 Å². The van der Waals surface area contributed by atoms with Crippen LogP contribution in [0.4, 0.5) is 0 Å². The molecule has 1 aromatic heterocycles. The number of ether oxygens (including phenoxy) is 2. The Kier molecular flexibility index (Phi) is 3.70. The van der Waals surface area contributed by atoms with Crippen molar-refractivity contribution in [3.63, 3.8) is 0 Å². The zero-order valence-electron chi connectivity index (χ0n) is 10.3. The predicted octanol–water partition coefficient (Wildman–Crippen LogP) is 1.93. The number of nitrogens with one attached hydrogen (secondary N) is 1. The van der Waals surface area contributed by atoms with Gasteiger partial charge in [0, 0.05) is 7.11 Å². The van der Waals surface area contributed by atoms with Crippen LogP contribution >= 0.6 is 0 Å². The zero-order chi connectivity index (χ0) is 12.3. The van der Waals surface area contributed by atoms with Crippen LogP contribution in [0.3, 0.4) is 0 Å². The fourth-order valence-corrected chi connectivity index (χ4v) is 1.56. The summed E-state index contributed by atoms with van der Waals surface area (Å²) in [6.45, 7) is 6.13. The van der Waals surface area contributed by atoms with E-state index in [4.69, 9.17) is 4.74 Å². The highest BCUT2D eigenvalue weighted by Crippen LogP contribution is 2.33. The van der Waals surface area contributed by atoms with Crippen molar-refractivity contribution in [1.82, 2.24) is 9.97 Å². The van der Waals surface area contributed by atoms with Crippen molar-refractivity contribution < 1.29 is 14.3 Å². The number of rotatable bonds is 3. The summed E-state index contributed by atoms with van der Waals surface area (Å²) in [5.74, 6) is 0.206. The SMILES string of the molecule is COC(=O)c1cnc(C(OC)C(C)(C)C)[nH]1. The van der Waals surface area contributed by atoms with E-state index in [1.165, 1.54) is 13.3 Å². The maximum atomic E-state index is 11.3. The summed E-state index contributed by atoms with van der Waals surface area (Å²) in [4.78, 5) is 18.3. The fraction of sp³-hybridized carbons (Fsp3) is 0.636. The largest absolute Gasteiger partial charge is 0.464 e. The fourth-order valence-electron chi connectivity index (χ4n) is 1.56. The molecule has 0 saturated carbocycles. The van der Waals surface area contributed by atoms with Crippen LogP contribution in [0.5, 0.6) is 0 Å². The maximum absolute atomic E-state index is 11.3. The first-order valence-corrected chi connectivity index (χ1v) is 5.06. The molecule has 0 spiro atoms. The van der Waals surface area contributed by atoms with E-state index in [0.29, 0.717) is 11.5 Å². The molecule has 16 heavy (non-hydrogen) atoms. The second kappa shape index (κ2) is 4.65. The lowest BCUT2D eigenvalue weighted by atomic mass is 9.88. The minimum Gasteiger partial charge on any atom is -0.464 e. The van der Waals surface area contributed by atoms with Gasteiger partial charge in [-0.25, -0.2) is 9.78 Å². The molecular formula is C11H18N2O3. The molecule has 1 heterocycles. The van der Waals surface area contributed by atoms with Crippen molar-refractivity contribution in [2.24, 2.45) is 5.41 Å². The molecule has 0 aromatic carbocycles. The van der Waals surface area contributed by atoms with Gasteiger partial charge in [-0.2, -0.15) is 0 Å². The number of imidazole rings is 1. The van der Waals surface area contributed by atoms with Crippen LogP contribution in [-0.4, -0.2) is 30.2 Å². The third kappa shape index (κ3) is 2.61. The molecule has 90 valence electrons. The molecule has 0 bridgehead atoms. The first-order valence-electron chi connectivity index (χ1n) is 5.06. The normalized spacial score (nSPS) is 13.6. The quantitative estimate of drug-likeness (QED) is 0.800. The third-order valence-electron chi connectivity index (χ3n) is 2.27. The van der Waals surface area contributed by atoms with Gasteiger partial charge >= 0.3 is 5.97 Å². The minimum absolute atomic E-state index is 0.0972. The summed E-state index contributed by atoms with van der Waals surface area (Å²) in [5, 5.41) is 0. The molecule has 1 atom stereocenters. The summed E-state index contributed by atoms with van der Waals surface area (Å²) in [5.41, 5.74) is 0.240. The average molecular weight is 226 g/mol. The van der Waals surface area contributed by atoms with E-state index < -0.39 is 5.97 Å². The Hall–Kier alpha value is -1.36. The van der Waals surface area contributed by atoms with Crippen molar-refractivity contribution in [2.45, 2.75) is 26.9 Å². The van der Waals surface area contributed by atoms with E-state index in [2.05, 4.69) is 14.7 Å². The van der Waals surface area contributed by atoms with Gasteiger partial charge in [0.25, 0.3) is 0 Å². The molecule has 0 aliphatic heterocycles. The highest BCUT2D eigenvalue weighted by atomic mass is 16.5. The molecule has 0 saturated heterocycles. The van der Waals surface area contributed by atoms with E-state index in [0.717, 1.165) is 0 Å². The first-order chi connectivity index (χ1) is 7.40. The minimum atomic E-state index is -0.428.